The summed E-state index contributed by atoms with van der Waals surface area (Å²) in [5, 5.41) is 4.97. The molecule has 0 atom stereocenters. The van der Waals surface area contributed by atoms with Crippen LogP contribution in [-0.4, -0.2) is 27.6 Å². The lowest BCUT2D eigenvalue weighted by molar-refractivity contribution is 0.0783. The summed E-state index contributed by atoms with van der Waals surface area (Å²) in [6.07, 6.45) is 1.78. The normalized spacial score (nSPS) is 10.8. The number of para-hydroxylation sites is 1. The first-order chi connectivity index (χ1) is 13.9. The molecule has 1 aromatic heterocycles. The molecule has 0 unspecified atom stereocenters. The molecule has 6 heteroatoms. The Balaban J connectivity index is 1.62. The van der Waals surface area contributed by atoms with Crippen LogP contribution in [0.2, 0.25) is 5.02 Å². The minimum Gasteiger partial charge on any atom is -0.488 e. The highest BCUT2D eigenvalue weighted by Crippen LogP contribution is 2.23. The first kappa shape index (κ1) is 20.9. The maximum Gasteiger partial charge on any atom is 0.253 e. The molecule has 3 rings (SSSR count). The summed E-state index contributed by atoms with van der Waals surface area (Å²) >= 11 is 6.21. The third-order valence-corrected chi connectivity index (χ3v) is 5.15. The number of aromatic nitrogens is 2. The van der Waals surface area contributed by atoms with Crippen LogP contribution in [0.4, 0.5) is 0 Å². The van der Waals surface area contributed by atoms with Crippen LogP contribution >= 0.6 is 11.6 Å². The smallest absolute Gasteiger partial charge is 0.253 e. The number of amides is 1. The molecule has 0 aliphatic carbocycles. The van der Waals surface area contributed by atoms with E-state index in [1.807, 2.05) is 63.2 Å². The fraction of sp³-hybridized carbons (Fsp3) is 0.304. The maximum absolute atomic E-state index is 12.7. The number of rotatable bonds is 7. The number of benzene rings is 2. The van der Waals surface area contributed by atoms with Crippen molar-refractivity contribution < 1.29 is 9.53 Å². The molecule has 0 spiro atoms. The standard InChI is InChI=1S/C23H26ClN3O2/c1-5-27-13-20(24)21(25-27)14-26(4)23(28)19-11-9-18(10-12-19)15-29-22-16(2)7-6-8-17(22)3/h6-13H,5,14-15H2,1-4H3. The van der Waals surface area contributed by atoms with Crippen molar-refractivity contribution in [2.75, 3.05) is 7.05 Å². The largest absolute Gasteiger partial charge is 0.488 e. The highest BCUT2D eigenvalue weighted by Gasteiger charge is 2.16. The van der Waals surface area contributed by atoms with Crippen LogP contribution in [0.3, 0.4) is 0 Å². The lowest BCUT2D eigenvalue weighted by Crippen LogP contribution is -2.26. The summed E-state index contributed by atoms with van der Waals surface area (Å²) in [5.41, 5.74) is 4.55. The summed E-state index contributed by atoms with van der Waals surface area (Å²) in [4.78, 5) is 14.4. The Bertz CT molecular complexity index is 976. The molecule has 0 aliphatic rings. The fourth-order valence-corrected chi connectivity index (χ4v) is 3.36. The predicted octanol–water partition coefficient (Wildman–Crippen LogP) is 5.02. The van der Waals surface area contributed by atoms with Crippen LogP contribution in [0.25, 0.3) is 0 Å². The highest BCUT2D eigenvalue weighted by atomic mass is 35.5. The van der Waals surface area contributed by atoms with E-state index in [9.17, 15) is 4.79 Å². The van der Waals surface area contributed by atoms with Gasteiger partial charge in [-0.3, -0.25) is 9.48 Å². The van der Waals surface area contributed by atoms with Gasteiger partial charge < -0.3 is 9.64 Å². The number of hydrogen-bond acceptors (Lipinski definition) is 3. The van der Waals surface area contributed by atoms with Gasteiger partial charge in [-0.1, -0.05) is 41.9 Å². The van der Waals surface area contributed by atoms with Gasteiger partial charge in [0, 0.05) is 25.4 Å². The Hall–Kier alpha value is -2.79. The number of halogens is 1. The van der Waals surface area contributed by atoms with Crippen LogP contribution in [0.15, 0.2) is 48.7 Å². The maximum atomic E-state index is 12.7. The van der Waals surface area contributed by atoms with Gasteiger partial charge in [-0.25, -0.2) is 0 Å². The van der Waals surface area contributed by atoms with Crippen LogP contribution in [-0.2, 0) is 19.7 Å². The molecule has 1 heterocycles. The number of carbonyl (C=O) groups is 1. The lowest BCUT2D eigenvalue weighted by Gasteiger charge is -2.16. The van der Waals surface area contributed by atoms with Gasteiger partial charge in [-0.15, -0.1) is 0 Å². The molecule has 0 saturated heterocycles. The fourth-order valence-electron chi connectivity index (χ4n) is 3.15. The van der Waals surface area contributed by atoms with Gasteiger partial charge in [0.25, 0.3) is 5.91 Å². The average Bonchev–Trinajstić information content (AvgIpc) is 3.07. The Labute approximate surface area is 176 Å². The molecular weight excluding hydrogens is 386 g/mol. The Morgan fingerprint density at radius 1 is 1.14 bits per heavy atom. The van der Waals surface area contributed by atoms with Crippen LogP contribution in [0.1, 0.15) is 39.7 Å². The van der Waals surface area contributed by atoms with E-state index in [4.69, 9.17) is 16.3 Å². The Morgan fingerprint density at radius 3 is 2.38 bits per heavy atom. The molecule has 152 valence electrons. The molecule has 2 aromatic carbocycles. The summed E-state index contributed by atoms with van der Waals surface area (Å²) in [6, 6.07) is 13.6. The molecule has 1 amide bonds. The predicted molar refractivity (Wildman–Crippen MR) is 115 cm³/mol. The van der Waals surface area contributed by atoms with Gasteiger partial charge in [0.2, 0.25) is 0 Å². The van der Waals surface area contributed by atoms with E-state index in [1.54, 1.807) is 22.8 Å². The van der Waals surface area contributed by atoms with E-state index in [1.165, 1.54) is 0 Å². The topological polar surface area (TPSA) is 47.4 Å². The van der Waals surface area contributed by atoms with Crippen molar-refractivity contribution in [2.24, 2.45) is 0 Å². The lowest BCUT2D eigenvalue weighted by atomic mass is 10.1. The van der Waals surface area contributed by atoms with E-state index in [2.05, 4.69) is 5.10 Å². The molecule has 0 radical (unpaired) electrons. The van der Waals surface area contributed by atoms with Crippen molar-refractivity contribution in [1.29, 1.82) is 0 Å². The quantitative estimate of drug-likeness (QED) is 0.548. The zero-order valence-electron chi connectivity index (χ0n) is 17.3. The molecule has 0 N–H and O–H groups in total. The summed E-state index contributed by atoms with van der Waals surface area (Å²) in [5.74, 6) is 0.838. The van der Waals surface area contributed by atoms with Crippen molar-refractivity contribution in [1.82, 2.24) is 14.7 Å². The second kappa shape index (κ2) is 9.14. The van der Waals surface area contributed by atoms with Crippen molar-refractivity contribution in [3.05, 3.63) is 81.6 Å². The van der Waals surface area contributed by atoms with Crippen molar-refractivity contribution in [3.63, 3.8) is 0 Å². The number of carbonyl (C=O) groups excluding carboxylic acids is 1. The molecule has 0 bridgehead atoms. The molecule has 0 saturated carbocycles. The zero-order chi connectivity index (χ0) is 21.0. The monoisotopic (exact) mass is 411 g/mol. The molecule has 5 nitrogen and oxygen atoms in total. The molecule has 29 heavy (non-hydrogen) atoms. The van der Waals surface area contributed by atoms with E-state index in [0.717, 1.165) is 29.0 Å². The molecule has 3 aromatic rings. The van der Waals surface area contributed by atoms with E-state index in [-0.39, 0.29) is 5.91 Å². The summed E-state index contributed by atoms with van der Waals surface area (Å²) in [7, 11) is 1.75. The first-order valence-electron chi connectivity index (χ1n) is 9.64. The minimum absolute atomic E-state index is 0.0747. The number of ether oxygens (including phenoxy) is 1. The number of aryl methyl sites for hydroxylation is 3. The molecular formula is C23H26ClN3O2. The SMILES string of the molecule is CCn1cc(Cl)c(CN(C)C(=O)c2ccc(COc3c(C)cccc3C)cc2)n1. The van der Waals surface area contributed by atoms with Crippen molar-refractivity contribution in [2.45, 2.75) is 40.5 Å². The van der Waals surface area contributed by atoms with Crippen LogP contribution in [0, 0.1) is 13.8 Å². The van der Waals surface area contributed by atoms with Gasteiger partial charge in [-0.05, 0) is 49.6 Å². The van der Waals surface area contributed by atoms with Crippen LogP contribution in [0.5, 0.6) is 5.75 Å². The van der Waals surface area contributed by atoms with Crippen molar-refractivity contribution >= 4 is 17.5 Å². The minimum atomic E-state index is -0.0747. The van der Waals surface area contributed by atoms with E-state index >= 15 is 0 Å². The number of hydrogen-bond donors (Lipinski definition) is 0. The van der Waals surface area contributed by atoms with Gasteiger partial charge in [0.1, 0.15) is 18.1 Å². The third-order valence-electron chi connectivity index (χ3n) is 4.84. The Kier molecular flexibility index (Phi) is 6.60. The van der Waals surface area contributed by atoms with Gasteiger partial charge >= 0.3 is 0 Å². The summed E-state index contributed by atoms with van der Waals surface area (Å²) in [6.45, 7) is 7.63. The third kappa shape index (κ3) is 4.98. The first-order valence-corrected chi connectivity index (χ1v) is 10.0. The van der Waals surface area contributed by atoms with Gasteiger partial charge in [-0.2, -0.15) is 5.10 Å². The van der Waals surface area contributed by atoms with Crippen molar-refractivity contribution in [3.8, 4) is 5.75 Å². The van der Waals surface area contributed by atoms with Crippen LogP contribution < -0.4 is 4.74 Å². The summed E-state index contributed by atoms with van der Waals surface area (Å²) < 4.78 is 7.75. The van der Waals surface area contributed by atoms with E-state index < -0.39 is 0 Å². The average molecular weight is 412 g/mol. The molecule has 0 aliphatic heterocycles. The second-order valence-corrected chi connectivity index (χ2v) is 7.55. The zero-order valence-corrected chi connectivity index (χ0v) is 18.0. The highest BCUT2D eigenvalue weighted by molar-refractivity contribution is 6.31. The number of nitrogens with zero attached hydrogens (tertiary/aromatic N) is 3. The van der Waals surface area contributed by atoms with Gasteiger partial charge in [0.15, 0.2) is 0 Å². The second-order valence-electron chi connectivity index (χ2n) is 7.15. The Morgan fingerprint density at radius 2 is 1.79 bits per heavy atom. The van der Waals surface area contributed by atoms with E-state index in [0.29, 0.717) is 29.4 Å². The van der Waals surface area contributed by atoms with Gasteiger partial charge in [0.05, 0.1) is 11.6 Å². The molecule has 0 fully saturated rings.